The molecular weight excluding hydrogens is 330 g/mol. The van der Waals surface area contributed by atoms with Crippen molar-refractivity contribution in [1.82, 2.24) is 15.1 Å². The average Bonchev–Trinajstić information content (AvgIpc) is 2.86. The predicted molar refractivity (Wildman–Crippen MR) is 100 cm³/mol. The molecular formula is C20H29N3O3. The standard InChI is InChI=1S/C20H29N3O3/c1-6-14(3)23(15(4)7-2)17(24)13-22-18(25)20(5,21-19(22)26)16-11-9-8-10-12-16/h8-12,14-15H,6-7,13H2,1-5H3,(H,21,26)/t14-,15-,20-/m0/s1. The molecule has 26 heavy (non-hydrogen) atoms. The Kier molecular flexibility index (Phi) is 6.05. The van der Waals surface area contributed by atoms with E-state index < -0.39 is 17.5 Å². The maximum Gasteiger partial charge on any atom is 0.325 e. The summed E-state index contributed by atoms with van der Waals surface area (Å²) in [6.45, 7) is 9.46. The molecule has 0 bridgehead atoms. The predicted octanol–water partition coefficient (Wildman–Crippen LogP) is 2.88. The molecule has 142 valence electrons. The van der Waals surface area contributed by atoms with Gasteiger partial charge in [-0.05, 0) is 39.2 Å². The molecule has 1 aromatic rings. The normalized spacial score (nSPS) is 22.1. The third-order valence-corrected chi connectivity index (χ3v) is 5.34. The molecule has 1 aliphatic heterocycles. The molecule has 1 saturated heterocycles. The van der Waals surface area contributed by atoms with E-state index in [-0.39, 0.29) is 24.5 Å². The maximum absolute atomic E-state index is 12.9. The second-order valence-corrected chi connectivity index (χ2v) is 7.13. The molecule has 0 aliphatic carbocycles. The monoisotopic (exact) mass is 359 g/mol. The van der Waals surface area contributed by atoms with Crippen LogP contribution in [0.3, 0.4) is 0 Å². The van der Waals surface area contributed by atoms with E-state index in [2.05, 4.69) is 5.32 Å². The highest BCUT2D eigenvalue weighted by molar-refractivity contribution is 6.09. The van der Waals surface area contributed by atoms with Gasteiger partial charge >= 0.3 is 6.03 Å². The number of carbonyl (C=O) groups is 3. The van der Waals surface area contributed by atoms with E-state index in [1.807, 2.05) is 45.9 Å². The Morgan fingerprint density at radius 1 is 1.12 bits per heavy atom. The molecule has 1 aliphatic rings. The van der Waals surface area contributed by atoms with Crippen LogP contribution in [0, 0.1) is 0 Å². The van der Waals surface area contributed by atoms with Crippen molar-refractivity contribution >= 4 is 17.8 Å². The van der Waals surface area contributed by atoms with Gasteiger partial charge in [0.05, 0.1) is 0 Å². The van der Waals surface area contributed by atoms with E-state index in [0.717, 1.165) is 17.7 Å². The molecule has 0 unspecified atom stereocenters. The van der Waals surface area contributed by atoms with Crippen molar-refractivity contribution in [2.24, 2.45) is 0 Å². The highest BCUT2D eigenvalue weighted by atomic mass is 16.2. The van der Waals surface area contributed by atoms with Crippen molar-refractivity contribution in [2.75, 3.05) is 6.54 Å². The Bertz CT molecular complexity index is 666. The number of carbonyl (C=O) groups excluding carboxylic acids is 3. The molecule has 6 heteroatoms. The van der Waals surface area contributed by atoms with Crippen LogP contribution in [0.5, 0.6) is 0 Å². The second kappa shape index (κ2) is 7.89. The summed E-state index contributed by atoms with van der Waals surface area (Å²) in [5.74, 6) is -0.593. The minimum absolute atomic E-state index is 0.0544. The highest BCUT2D eigenvalue weighted by Crippen LogP contribution is 2.28. The van der Waals surface area contributed by atoms with Crippen LogP contribution >= 0.6 is 0 Å². The molecule has 0 aromatic heterocycles. The SMILES string of the molecule is CC[C@H](C)N(C(=O)CN1C(=O)N[C@@](C)(c2ccccc2)C1=O)[C@@H](C)CC. The maximum atomic E-state index is 12.9. The Morgan fingerprint density at radius 2 is 1.65 bits per heavy atom. The van der Waals surface area contributed by atoms with Gasteiger partial charge in [0.25, 0.3) is 5.91 Å². The number of imide groups is 1. The van der Waals surface area contributed by atoms with Gasteiger partial charge in [0.1, 0.15) is 12.1 Å². The number of hydrogen-bond acceptors (Lipinski definition) is 3. The fourth-order valence-corrected chi connectivity index (χ4v) is 3.34. The first-order valence-electron chi connectivity index (χ1n) is 9.27. The van der Waals surface area contributed by atoms with E-state index >= 15 is 0 Å². The Balaban J connectivity index is 2.22. The second-order valence-electron chi connectivity index (χ2n) is 7.13. The number of rotatable bonds is 7. The van der Waals surface area contributed by atoms with E-state index in [0.29, 0.717) is 5.56 Å². The zero-order valence-corrected chi connectivity index (χ0v) is 16.3. The van der Waals surface area contributed by atoms with Crippen molar-refractivity contribution in [3.8, 4) is 0 Å². The summed E-state index contributed by atoms with van der Waals surface area (Å²) < 4.78 is 0. The van der Waals surface area contributed by atoms with Gasteiger partial charge in [-0.25, -0.2) is 4.79 Å². The first-order valence-corrected chi connectivity index (χ1v) is 9.27. The highest BCUT2D eigenvalue weighted by Gasteiger charge is 2.49. The number of nitrogens with one attached hydrogen (secondary N) is 1. The van der Waals surface area contributed by atoms with Gasteiger partial charge in [-0.3, -0.25) is 14.5 Å². The third kappa shape index (κ3) is 3.59. The molecule has 0 saturated carbocycles. The van der Waals surface area contributed by atoms with Crippen LogP contribution in [0.25, 0.3) is 0 Å². The van der Waals surface area contributed by atoms with Gasteiger partial charge in [-0.15, -0.1) is 0 Å². The fourth-order valence-electron chi connectivity index (χ4n) is 3.34. The number of benzene rings is 1. The summed E-state index contributed by atoms with van der Waals surface area (Å²) in [6.07, 6.45) is 1.63. The van der Waals surface area contributed by atoms with Crippen LogP contribution in [-0.4, -0.2) is 46.3 Å². The van der Waals surface area contributed by atoms with Gasteiger partial charge in [-0.1, -0.05) is 44.2 Å². The molecule has 1 heterocycles. The van der Waals surface area contributed by atoms with Gasteiger partial charge in [0.2, 0.25) is 5.91 Å². The number of nitrogens with zero attached hydrogens (tertiary/aromatic N) is 2. The first-order chi connectivity index (χ1) is 12.3. The smallest absolute Gasteiger partial charge is 0.325 e. The Labute approximate surface area is 155 Å². The van der Waals surface area contributed by atoms with Crippen molar-refractivity contribution in [3.05, 3.63) is 35.9 Å². The minimum Gasteiger partial charge on any atom is -0.336 e. The molecule has 1 N–H and O–H groups in total. The number of urea groups is 1. The summed E-state index contributed by atoms with van der Waals surface area (Å²) in [5.41, 5.74) is -0.440. The average molecular weight is 359 g/mol. The topological polar surface area (TPSA) is 69.7 Å². The first kappa shape index (κ1) is 19.9. The van der Waals surface area contributed by atoms with Crippen molar-refractivity contribution < 1.29 is 14.4 Å². The van der Waals surface area contributed by atoms with Gasteiger partial charge < -0.3 is 10.2 Å². The zero-order chi connectivity index (χ0) is 19.5. The van der Waals surface area contributed by atoms with Crippen LogP contribution < -0.4 is 5.32 Å². The molecule has 0 radical (unpaired) electrons. The third-order valence-electron chi connectivity index (χ3n) is 5.34. The van der Waals surface area contributed by atoms with E-state index in [1.54, 1.807) is 24.0 Å². The largest absolute Gasteiger partial charge is 0.336 e. The lowest BCUT2D eigenvalue weighted by atomic mass is 9.92. The summed E-state index contributed by atoms with van der Waals surface area (Å²) in [7, 11) is 0. The van der Waals surface area contributed by atoms with E-state index in [9.17, 15) is 14.4 Å². The molecule has 1 fully saturated rings. The van der Waals surface area contributed by atoms with Crippen LogP contribution in [-0.2, 0) is 15.1 Å². The van der Waals surface area contributed by atoms with Crippen LogP contribution in [0.1, 0.15) is 53.0 Å². The minimum atomic E-state index is -1.14. The summed E-state index contributed by atoms with van der Waals surface area (Å²) >= 11 is 0. The molecule has 4 amide bonds. The summed E-state index contributed by atoms with van der Waals surface area (Å²) in [5, 5.41) is 2.74. The lowest BCUT2D eigenvalue weighted by Gasteiger charge is -2.35. The van der Waals surface area contributed by atoms with E-state index in [1.165, 1.54) is 0 Å². The Morgan fingerprint density at radius 3 is 2.15 bits per heavy atom. The van der Waals surface area contributed by atoms with Crippen LogP contribution in [0.15, 0.2) is 30.3 Å². The summed E-state index contributed by atoms with van der Waals surface area (Å²) in [4.78, 5) is 41.1. The van der Waals surface area contributed by atoms with Gasteiger partial charge in [-0.2, -0.15) is 0 Å². The van der Waals surface area contributed by atoms with Gasteiger partial charge in [0, 0.05) is 12.1 Å². The fraction of sp³-hybridized carbons (Fsp3) is 0.550. The van der Waals surface area contributed by atoms with Crippen molar-refractivity contribution in [3.63, 3.8) is 0 Å². The zero-order valence-electron chi connectivity index (χ0n) is 16.3. The van der Waals surface area contributed by atoms with Gasteiger partial charge in [0.15, 0.2) is 0 Å². The van der Waals surface area contributed by atoms with E-state index in [4.69, 9.17) is 0 Å². The van der Waals surface area contributed by atoms with Crippen LogP contribution in [0.4, 0.5) is 4.79 Å². The number of hydrogen-bond donors (Lipinski definition) is 1. The molecule has 1 aromatic carbocycles. The van der Waals surface area contributed by atoms with Crippen molar-refractivity contribution in [1.29, 1.82) is 0 Å². The van der Waals surface area contributed by atoms with Crippen molar-refractivity contribution in [2.45, 2.75) is 65.1 Å². The number of amides is 4. The summed E-state index contributed by atoms with van der Waals surface area (Å²) in [6, 6.07) is 8.68. The Hall–Kier alpha value is -2.37. The molecule has 6 nitrogen and oxygen atoms in total. The quantitative estimate of drug-likeness (QED) is 0.761. The lowest BCUT2D eigenvalue weighted by Crippen LogP contribution is -2.50. The molecule has 0 spiro atoms. The lowest BCUT2D eigenvalue weighted by molar-refractivity contribution is -0.141. The van der Waals surface area contributed by atoms with Crippen LogP contribution in [0.2, 0.25) is 0 Å². The molecule has 2 rings (SSSR count). The molecule has 3 atom stereocenters.